The Bertz CT molecular complexity index is 670. The molecule has 3 aromatic carbocycles. The van der Waals surface area contributed by atoms with Gasteiger partial charge >= 0.3 is 0 Å². The van der Waals surface area contributed by atoms with E-state index in [2.05, 4.69) is 93.6 Å². The topological polar surface area (TPSA) is 0 Å². The highest BCUT2D eigenvalue weighted by atomic mass is 13.9. The molecule has 3 aromatic rings. The van der Waals surface area contributed by atoms with Crippen molar-refractivity contribution < 1.29 is 0 Å². The lowest BCUT2D eigenvalue weighted by molar-refractivity contribution is 1.46. The zero-order chi connectivity index (χ0) is 18.5. The standard InChI is InChI=1S/C16H16.C7H8.C2H6/c1-13-3-7-15(8-4-13)11-12-16-9-5-14(2)6-10-16;1-7-5-3-2-4-6-7;1-2/h3-12H,1-2H3;2-6H,1H3;1-2H3/b12-11+;;. The van der Waals surface area contributed by atoms with Crippen molar-refractivity contribution in [2.24, 2.45) is 0 Å². The van der Waals surface area contributed by atoms with Gasteiger partial charge in [-0.1, -0.05) is 122 Å². The Morgan fingerprint density at radius 1 is 0.440 bits per heavy atom. The van der Waals surface area contributed by atoms with Gasteiger partial charge in [0.1, 0.15) is 0 Å². The summed E-state index contributed by atoms with van der Waals surface area (Å²) in [4.78, 5) is 0. The van der Waals surface area contributed by atoms with E-state index in [9.17, 15) is 0 Å². The van der Waals surface area contributed by atoms with E-state index in [1.54, 1.807) is 0 Å². The van der Waals surface area contributed by atoms with Crippen LogP contribution in [0.25, 0.3) is 12.2 Å². The van der Waals surface area contributed by atoms with E-state index < -0.39 is 0 Å². The largest absolute Gasteiger partial charge is 0.0683 e. The van der Waals surface area contributed by atoms with Gasteiger partial charge in [-0.15, -0.1) is 0 Å². The van der Waals surface area contributed by atoms with Gasteiger partial charge in [-0.05, 0) is 31.9 Å². The molecule has 0 N–H and O–H groups in total. The van der Waals surface area contributed by atoms with Crippen molar-refractivity contribution in [1.29, 1.82) is 0 Å². The summed E-state index contributed by atoms with van der Waals surface area (Å²) in [5, 5.41) is 0. The van der Waals surface area contributed by atoms with Crippen LogP contribution in [0, 0.1) is 20.8 Å². The van der Waals surface area contributed by atoms with Crippen molar-refractivity contribution in [3.05, 3.63) is 107 Å². The molecule has 130 valence electrons. The van der Waals surface area contributed by atoms with Gasteiger partial charge in [0.15, 0.2) is 0 Å². The first-order valence-electron chi connectivity index (χ1n) is 8.96. The summed E-state index contributed by atoms with van der Waals surface area (Å²) in [7, 11) is 0. The predicted molar refractivity (Wildman–Crippen MR) is 114 cm³/mol. The minimum atomic E-state index is 1.24. The van der Waals surface area contributed by atoms with Crippen molar-refractivity contribution in [3.8, 4) is 0 Å². The molecule has 0 fully saturated rings. The third-order valence-electron chi connectivity index (χ3n) is 3.56. The predicted octanol–water partition coefficient (Wildman–Crippen LogP) is 7.50. The van der Waals surface area contributed by atoms with Crippen molar-refractivity contribution in [2.45, 2.75) is 34.6 Å². The van der Waals surface area contributed by atoms with Crippen LogP contribution in [-0.2, 0) is 0 Å². The van der Waals surface area contributed by atoms with Gasteiger partial charge in [-0.25, -0.2) is 0 Å². The van der Waals surface area contributed by atoms with E-state index in [0.29, 0.717) is 0 Å². The monoisotopic (exact) mass is 330 g/mol. The molecule has 0 aliphatic heterocycles. The Labute approximate surface area is 153 Å². The second-order valence-corrected chi connectivity index (χ2v) is 5.81. The van der Waals surface area contributed by atoms with Crippen LogP contribution < -0.4 is 0 Å². The minimum absolute atomic E-state index is 1.24. The lowest BCUT2D eigenvalue weighted by Gasteiger charge is -1.96. The maximum atomic E-state index is 2.14. The first-order chi connectivity index (χ1) is 12.1. The summed E-state index contributed by atoms with van der Waals surface area (Å²) in [6.07, 6.45) is 4.29. The highest BCUT2D eigenvalue weighted by molar-refractivity contribution is 5.69. The molecule has 0 spiro atoms. The van der Waals surface area contributed by atoms with Crippen LogP contribution in [0.5, 0.6) is 0 Å². The van der Waals surface area contributed by atoms with Crippen molar-refractivity contribution in [1.82, 2.24) is 0 Å². The molecule has 0 nitrogen and oxygen atoms in total. The lowest BCUT2D eigenvalue weighted by atomic mass is 10.1. The molecule has 0 radical (unpaired) electrons. The van der Waals surface area contributed by atoms with Crippen LogP contribution in [0.3, 0.4) is 0 Å². The second kappa shape index (κ2) is 11.9. The molecule has 0 aromatic heterocycles. The molecule has 0 bridgehead atoms. The minimum Gasteiger partial charge on any atom is -0.0683 e. The average molecular weight is 331 g/mol. The summed E-state index contributed by atoms with van der Waals surface area (Å²) in [5.41, 5.74) is 6.40. The fourth-order valence-corrected chi connectivity index (χ4v) is 2.08. The van der Waals surface area contributed by atoms with E-state index in [-0.39, 0.29) is 0 Å². The molecular formula is C25H30. The Balaban J connectivity index is 0.000000290. The van der Waals surface area contributed by atoms with Crippen LogP contribution >= 0.6 is 0 Å². The van der Waals surface area contributed by atoms with E-state index in [4.69, 9.17) is 0 Å². The Kier molecular flexibility index (Phi) is 9.70. The van der Waals surface area contributed by atoms with Gasteiger partial charge in [0.25, 0.3) is 0 Å². The van der Waals surface area contributed by atoms with Gasteiger partial charge < -0.3 is 0 Å². The fourth-order valence-electron chi connectivity index (χ4n) is 2.08. The highest BCUT2D eigenvalue weighted by Crippen LogP contribution is 2.10. The van der Waals surface area contributed by atoms with Gasteiger partial charge in [0.05, 0.1) is 0 Å². The third-order valence-corrected chi connectivity index (χ3v) is 3.56. The van der Waals surface area contributed by atoms with E-state index in [1.807, 2.05) is 32.0 Å². The molecule has 0 saturated heterocycles. The average Bonchev–Trinajstić information content (AvgIpc) is 2.65. The quantitative estimate of drug-likeness (QED) is 0.427. The van der Waals surface area contributed by atoms with Crippen LogP contribution in [0.15, 0.2) is 78.9 Å². The Morgan fingerprint density at radius 2 is 0.760 bits per heavy atom. The molecule has 0 unspecified atom stereocenters. The van der Waals surface area contributed by atoms with Gasteiger partial charge in [0.2, 0.25) is 0 Å². The summed E-state index contributed by atoms with van der Waals surface area (Å²) in [6, 6.07) is 27.4. The zero-order valence-electron chi connectivity index (χ0n) is 16.2. The molecule has 0 amide bonds. The molecule has 25 heavy (non-hydrogen) atoms. The maximum Gasteiger partial charge on any atom is -0.0256 e. The van der Waals surface area contributed by atoms with Crippen LogP contribution in [0.4, 0.5) is 0 Å². The maximum absolute atomic E-state index is 2.14. The smallest absolute Gasteiger partial charge is 0.0256 e. The first-order valence-corrected chi connectivity index (χ1v) is 8.96. The molecular weight excluding hydrogens is 300 g/mol. The number of aryl methyl sites for hydroxylation is 3. The van der Waals surface area contributed by atoms with Crippen LogP contribution in [0.1, 0.15) is 41.7 Å². The molecule has 3 rings (SSSR count). The molecule has 0 heteroatoms. The van der Waals surface area contributed by atoms with E-state index in [0.717, 1.165) is 0 Å². The summed E-state index contributed by atoms with van der Waals surface area (Å²) in [5.74, 6) is 0. The van der Waals surface area contributed by atoms with Gasteiger partial charge in [0, 0.05) is 0 Å². The summed E-state index contributed by atoms with van der Waals surface area (Å²) >= 11 is 0. The van der Waals surface area contributed by atoms with Crippen molar-refractivity contribution >= 4 is 12.2 Å². The number of hydrogen-bond acceptors (Lipinski definition) is 0. The Morgan fingerprint density at radius 3 is 1.04 bits per heavy atom. The van der Waals surface area contributed by atoms with E-state index in [1.165, 1.54) is 27.8 Å². The zero-order valence-corrected chi connectivity index (χ0v) is 16.2. The van der Waals surface area contributed by atoms with Gasteiger partial charge in [-0.2, -0.15) is 0 Å². The lowest BCUT2D eigenvalue weighted by Crippen LogP contribution is -1.75. The van der Waals surface area contributed by atoms with Crippen LogP contribution in [0.2, 0.25) is 0 Å². The Hall–Kier alpha value is -2.60. The SMILES string of the molecule is CC.Cc1ccc(/C=C/c2ccc(C)cc2)cc1.Cc1ccccc1. The highest BCUT2D eigenvalue weighted by Gasteiger charge is 1.88. The molecule has 0 saturated carbocycles. The second-order valence-electron chi connectivity index (χ2n) is 5.81. The number of rotatable bonds is 2. The summed E-state index contributed by atoms with van der Waals surface area (Å²) in [6.45, 7) is 10.3. The summed E-state index contributed by atoms with van der Waals surface area (Å²) < 4.78 is 0. The molecule has 0 aliphatic rings. The molecule has 0 atom stereocenters. The van der Waals surface area contributed by atoms with E-state index >= 15 is 0 Å². The normalized spacial score (nSPS) is 9.64. The third kappa shape index (κ3) is 8.72. The fraction of sp³-hybridized carbons (Fsp3) is 0.200. The number of benzene rings is 3. The number of hydrogen-bond donors (Lipinski definition) is 0. The molecule has 0 heterocycles. The van der Waals surface area contributed by atoms with Gasteiger partial charge in [-0.3, -0.25) is 0 Å². The van der Waals surface area contributed by atoms with Crippen molar-refractivity contribution in [3.63, 3.8) is 0 Å². The van der Waals surface area contributed by atoms with Crippen molar-refractivity contribution in [2.75, 3.05) is 0 Å². The molecule has 0 aliphatic carbocycles. The first kappa shape index (κ1) is 20.4. The van der Waals surface area contributed by atoms with Crippen LogP contribution in [-0.4, -0.2) is 0 Å².